The average molecular weight is 304 g/mol. The number of pyridine rings is 1. The van der Waals surface area contributed by atoms with Gasteiger partial charge >= 0.3 is 0 Å². The molecule has 0 spiro atoms. The van der Waals surface area contributed by atoms with Crippen LogP contribution in [0.25, 0.3) is 0 Å². The standard InChI is InChI=1S/C12H16BrClN2/c13-5-3-10-2-1-7-16(9-10)12-4-6-15-8-11(12)14/h4,6,8,10H,1-3,5,7,9H2. The van der Waals surface area contributed by atoms with Crippen LogP contribution >= 0.6 is 27.5 Å². The molecule has 1 aromatic rings. The molecule has 1 unspecified atom stereocenters. The summed E-state index contributed by atoms with van der Waals surface area (Å²) < 4.78 is 0. The van der Waals surface area contributed by atoms with Gasteiger partial charge in [0.25, 0.3) is 0 Å². The first-order chi connectivity index (χ1) is 7.81. The molecule has 1 aromatic heterocycles. The lowest BCUT2D eigenvalue weighted by Crippen LogP contribution is -2.35. The highest BCUT2D eigenvalue weighted by atomic mass is 79.9. The molecular weight excluding hydrogens is 288 g/mol. The fourth-order valence-electron chi connectivity index (χ4n) is 2.30. The van der Waals surface area contributed by atoms with E-state index in [-0.39, 0.29) is 0 Å². The molecule has 2 heterocycles. The summed E-state index contributed by atoms with van der Waals surface area (Å²) in [5.41, 5.74) is 1.14. The van der Waals surface area contributed by atoms with Crippen LogP contribution in [0.5, 0.6) is 0 Å². The van der Waals surface area contributed by atoms with E-state index >= 15 is 0 Å². The molecule has 1 atom stereocenters. The maximum absolute atomic E-state index is 6.17. The fraction of sp³-hybridized carbons (Fsp3) is 0.583. The maximum atomic E-state index is 6.17. The lowest BCUT2D eigenvalue weighted by atomic mass is 9.95. The molecule has 88 valence electrons. The second-order valence-electron chi connectivity index (χ2n) is 4.26. The van der Waals surface area contributed by atoms with Crippen molar-refractivity contribution in [2.45, 2.75) is 19.3 Å². The predicted octanol–water partition coefficient (Wildman–Crippen LogP) is 3.74. The summed E-state index contributed by atoms with van der Waals surface area (Å²) in [5.74, 6) is 0.789. The largest absolute Gasteiger partial charge is 0.370 e. The molecule has 0 amide bonds. The van der Waals surface area contributed by atoms with Crippen molar-refractivity contribution < 1.29 is 0 Å². The molecule has 16 heavy (non-hydrogen) atoms. The third-order valence-electron chi connectivity index (χ3n) is 3.13. The molecule has 0 bridgehead atoms. The van der Waals surface area contributed by atoms with Gasteiger partial charge in [0.1, 0.15) is 0 Å². The Hall–Kier alpha value is -0.280. The zero-order chi connectivity index (χ0) is 11.4. The van der Waals surface area contributed by atoms with E-state index in [4.69, 9.17) is 11.6 Å². The highest BCUT2D eigenvalue weighted by Crippen LogP contribution is 2.29. The van der Waals surface area contributed by atoms with Crippen molar-refractivity contribution in [2.24, 2.45) is 5.92 Å². The van der Waals surface area contributed by atoms with Crippen molar-refractivity contribution in [3.8, 4) is 0 Å². The maximum Gasteiger partial charge on any atom is 0.0822 e. The van der Waals surface area contributed by atoms with Crippen LogP contribution in [0.3, 0.4) is 0 Å². The minimum atomic E-state index is 0.766. The first-order valence-corrected chi connectivity index (χ1v) is 7.21. The molecule has 0 radical (unpaired) electrons. The van der Waals surface area contributed by atoms with Crippen molar-refractivity contribution >= 4 is 33.2 Å². The lowest BCUT2D eigenvalue weighted by Gasteiger charge is -2.34. The van der Waals surface area contributed by atoms with Gasteiger partial charge in [-0.1, -0.05) is 27.5 Å². The van der Waals surface area contributed by atoms with Crippen LogP contribution < -0.4 is 4.90 Å². The Morgan fingerprint density at radius 1 is 1.56 bits per heavy atom. The number of aromatic nitrogens is 1. The number of alkyl halides is 1. The summed E-state index contributed by atoms with van der Waals surface area (Å²) >= 11 is 9.69. The highest BCUT2D eigenvalue weighted by molar-refractivity contribution is 9.09. The number of hydrogen-bond acceptors (Lipinski definition) is 2. The molecule has 0 aromatic carbocycles. The highest BCUT2D eigenvalue weighted by Gasteiger charge is 2.20. The van der Waals surface area contributed by atoms with Gasteiger partial charge in [-0.05, 0) is 31.2 Å². The first-order valence-electron chi connectivity index (χ1n) is 5.71. The molecule has 1 aliphatic rings. The van der Waals surface area contributed by atoms with E-state index in [1.165, 1.54) is 19.3 Å². The van der Waals surface area contributed by atoms with Crippen molar-refractivity contribution in [3.63, 3.8) is 0 Å². The molecule has 2 rings (SSSR count). The summed E-state index contributed by atoms with van der Waals surface area (Å²) in [6, 6.07) is 2.01. The smallest absolute Gasteiger partial charge is 0.0822 e. The van der Waals surface area contributed by atoms with Gasteiger partial charge in [0.05, 0.1) is 10.7 Å². The number of rotatable bonds is 3. The van der Waals surface area contributed by atoms with Crippen LogP contribution in [-0.4, -0.2) is 23.4 Å². The monoisotopic (exact) mass is 302 g/mol. The van der Waals surface area contributed by atoms with Gasteiger partial charge in [-0.25, -0.2) is 0 Å². The molecule has 0 N–H and O–H groups in total. The summed E-state index contributed by atoms with van der Waals surface area (Å²) in [7, 11) is 0. The van der Waals surface area contributed by atoms with Crippen LogP contribution in [0.4, 0.5) is 5.69 Å². The second kappa shape index (κ2) is 5.87. The Morgan fingerprint density at radius 2 is 2.44 bits per heavy atom. The topological polar surface area (TPSA) is 16.1 Å². The summed E-state index contributed by atoms with van der Waals surface area (Å²) in [5, 5.41) is 1.86. The molecule has 4 heteroatoms. The zero-order valence-electron chi connectivity index (χ0n) is 9.20. The van der Waals surface area contributed by atoms with Crippen molar-refractivity contribution in [1.82, 2.24) is 4.98 Å². The molecular formula is C12H16BrClN2. The van der Waals surface area contributed by atoms with Crippen LogP contribution in [0.2, 0.25) is 5.02 Å². The van der Waals surface area contributed by atoms with Gasteiger partial charge in [0.15, 0.2) is 0 Å². The van der Waals surface area contributed by atoms with Crippen molar-refractivity contribution in [2.75, 3.05) is 23.3 Å². The molecule has 0 aliphatic carbocycles. The van der Waals surface area contributed by atoms with Gasteiger partial charge in [0.2, 0.25) is 0 Å². The summed E-state index contributed by atoms with van der Waals surface area (Å²) in [4.78, 5) is 6.42. The Morgan fingerprint density at radius 3 is 3.19 bits per heavy atom. The minimum Gasteiger partial charge on any atom is -0.370 e. The van der Waals surface area contributed by atoms with E-state index in [0.717, 1.165) is 35.0 Å². The molecule has 0 saturated carbocycles. The number of anilines is 1. The molecule has 1 saturated heterocycles. The Bertz CT molecular complexity index is 344. The predicted molar refractivity (Wildman–Crippen MR) is 72.6 cm³/mol. The van der Waals surface area contributed by atoms with Crippen molar-refractivity contribution in [3.05, 3.63) is 23.5 Å². The third kappa shape index (κ3) is 2.89. The summed E-state index contributed by atoms with van der Waals surface area (Å²) in [6.45, 7) is 2.23. The third-order valence-corrected chi connectivity index (χ3v) is 3.88. The van der Waals surface area contributed by atoms with Gasteiger partial charge in [0, 0.05) is 30.8 Å². The van der Waals surface area contributed by atoms with E-state index in [9.17, 15) is 0 Å². The van der Waals surface area contributed by atoms with E-state index in [1.54, 1.807) is 6.20 Å². The Balaban J connectivity index is 2.07. The van der Waals surface area contributed by atoms with E-state index < -0.39 is 0 Å². The number of halogens is 2. The van der Waals surface area contributed by atoms with Gasteiger partial charge in [-0.15, -0.1) is 0 Å². The van der Waals surface area contributed by atoms with Gasteiger partial charge < -0.3 is 4.90 Å². The quantitative estimate of drug-likeness (QED) is 0.791. The van der Waals surface area contributed by atoms with Crippen LogP contribution in [0.1, 0.15) is 19.3 Å². The zero-order valence-corrected chi connectivity index (χ0v) is 11.5. The van der Waals surface area contributed by atoms with Crippen LogP contribution in [-0.2, 0) is 0 Å². The minimum absolute atomic E-state index is 0.766. The Labute approximate surface area is 110 Å². The van der Waals surface area contributed by atoms with Gasteiger partial charge in [-0.2, -0.15) is 0 Å². The van der Waals surface area contributed by atoms with E-state index in [1.807, 2.05) is 12.3 Å². The second-order valence-corrected chi connectivity index (χ2v) is 5.46. The number of piperidine rings is 1. The van der Waals surface area contributed by atoms with Crippen molar-refractivity contribution in [1.29, 1.82) is 0 Å². The molecule has 1 aliphatic heterocycles. The lowest BCUT2D eigenvalue weighted by molar-refractivity contribution is 0.408. The normalized spacial score (nSPS) is 21.1. The fourth-order valence-corrected chi connectivity index (χ4v) is 3.18. The number of nitrogens with zero attached hydrogens (tertiary/aromatic N) is 2. The molecule has 1 fully saturated rings. The Kier molecular flexibility index (Phi) is 4.47. The van der Waals surface area contributed by atoms with Gasteiger partial charge in [-0.3, -0.25) is 4.98 Å². The SMILES string of the molecule is Clc1cnccc1N1CCCC(CCBr)C1. The first kappa shape index (κ1) is 12.2. The van der Waals surface area contributed by atoms with E-state index in [0.29, 0.717) is 0 Å². The number of hydrogen-bond donors (Lipinski definition) is 0. The van der Waals surface area contributed by atoms with Crippen LogP contribution in [0, 0.1) is 5.92 Å². The van der Waals surface area contributed by atoms with E-state index in [2.05, 4.69) is 25.8 Å². The molecule has 2 nitrogen and oxygen atoms in total. The van der Waals surface area contributed by atoms with Crippen LogP contribution in [0.15, 0.2) is 18.5 Å². The average Bonchev–Trinajstić information content (AvgIpc) is 2.30. The summed E-state index contributed by atoms with van der Waals surface area (Å²) in [6.07, 6.45) is 7.39.